The fourth-order valence-electron chi connectivity index (χ4n) is 15.1. The second kappa shape index (κ2) is 67.5. The smallest absolute Gasteiger partial charge is 0.220 e. The number of aliphatic hydroxyl groups is 11. The quantitative estimate of drug-likeness (QED) is 0.0199. The van der Waals surface area contributed by atoms with Crippen LogP contribution in [0.25, 0.3) is 0 Å². The Kier molecular flexibility index (Phi) is 62.5. The molecule has 0 spiro atoms. The molecule has 0 aliphatic carbocycles. The summed E-state index contributed by atoms with van der Waals surface area (Å²) in [6.45, 7) is 1.79. The van der Waals surface area contributed by atoms with Gasteiger partial charge in [0, 0.05) is 6.42 Å². The molecule has 624 valence electrons. The molecule has 0 bridgehead atoms. The molecule has 12 N–H and O–H groups in total. The van der Waals surface area contributed by atoms with Crippen molar-refractivity contribution in [3.8, 4) is 0 Å². The molecule has 106 heavy (non-hydrogen) atoms. The number of ether oxygens (including phenoxy) is 6. The van der Waals surface area contributed by atoms with Crippen LogP contribution in [0, 0.1) is 0 Å². The highest BCUT2D eigenvalue weighted by molar-refractivity contribution is 5.76. The molecule has 3 heterocycles. The first kappa shape index (κ1) is 98.2. The summed E-state index contributed by atoms with van der Waals surface area (Å²) >= 11 is 0. The maximum absolute atomic E-state index is 13.5. The predicted molar refractivity (Wildman–Crippen MR) is 425 cm³/mol. The van der Waals surface area contributed by atoms with Crippen LogP contribution in [0.15, 0.2) is 36.5 Å². The lowest BCUT2D eigenvalue weighted by Crippen LogP contribution is -2.66. The highest BCUT2D eigenvalue weighted by atomic mass is 16.8. The second-order valence-corrected chi connectivity index (χ2v) is 31.7. The number of hydrogen-bond acceptors (Lipinski definition) is 18. The molecule has 3 saturated heterocycles. The molecular weight excluding hydrogens is 1350 g/mol. The molecule has 0 saturated carbocycles. The van der Waals surface area contributed by atoms with Gasteiger partial charge in [0.05, 0.1) is 38.6 Å². The van der Waals surface area contributed by atoms with Crippen molar-refractivity contribution in [3.63, 3.8) is 0 Å². The largest absolute Gasteiger partial charge is 0.394 e. The van der Waals surface area contributed by atoms with Crippen molar-refractivity contribution >= 4 is 5.91 Å². The lowest BCUT2D eigenvalue weighted by molar-refractivity contribution is -0.379. The van der Waals surface area contributed by atoms with E-state index in [1.54, 1.807) is 6.08 Å². The maximum Gasteiger partial charge on any atom is 0.220 e. The van der Waals surface area contributed by atoms with Gasteiger partial charge >= 0.3 is 0 Å². The average molecular weight is 1510 g/mol. The summed E-state index contributed by atoms with van der Waals surface area (Å²) in [5.41, 5.74) is 0. The SMILES string of the molecule is CCCCCCC/C=C\C/C=C\CCCCCCCCCCCCCCCCCCCCCCCC(=O)NC(COC1OC(CO)C(OC2OC(CO)C(OC3OC(CO)C(O)C(O)C3O)C(O)C2O)C(O)C1O)C(O)/C=C/CCCCCCCCCCCCCCCCCCCCCCCCCCCC. The zero-order valence-corrected chi connectivity index (χ0v) is 67.2. The Morgan fingerprint density at radius 2 is 0.623 bits per heavy atom. The van der Waals surface area contributed by atoms with E-state index in [0.717, 1.165) is 51.4 Å². The standard InChI is InChI=1S/C87H163NO18/c1-3-5-7-9-11-13-15-17-19-21-23-25-27-29-31-33-34-35-36-37-39-41-43-45-47-49-51-53-55-57-59-61-63-65-75(93)88-70(71(92)64-62-60-58-56-54-52-50-48-46-44-42-40-38-32-30-28-26-24-22-20-18-16-14-12-10-8-6-4-2)69-101-85-81(99)78(96)83(73(67-90)103-85)106-87-82(100)79(97)84(74(68-91)104-87)105-86-80(98)77(95)76(94)72(66-89)102-86/h15,17,21,23,62,64,70-74,76-87,89-92,94-100H,3-14,16,18-20,22,24-61,63,65-69H2,1-2H3,(H,88,93)/b17-15-,23-21-,64-62+. The van der Waals surface area contributed by atoms with Gasteiger partial charge in [-0.2, -0.15) is 0 Å². The van der Waals surface area contributed by atoms with Crippen LogP contribution in [-0.2, 0) is 33.2 Å². The van der Waals surface area contributed by atoms with Gasteiger partial charge in [-0.1, -0.05) is 359 Å². The number of amides is 1. The van der Waals surface area contributed by atoms with Gasteiger partial charge in [-0.05, 0) is 51.4 Å². The Labute approximate surface area is 644 Å². The molecule has 0 aromatic heterocycles. The van der Waals surface area contributed by atoms with E-state index in [-0.39, 0.29) is 18.9 Å². The van der Waals surface area contributed by atoms with Crippen molar-refractivity contribution in [2.45, 2.75) is 484 Å². The molecule has 0 aromatic carbocycles. The third-order valence-corrected chi connectivity index (χ3v) is 22.2. The number of hydrogen-bond donors (Lipinski definition) is 12. The summed E-state index contributed by atoms with van der Waals surface area (Å²) in [6, 6.07) is -0.974. The van der Waals surface area contributed by atoms with Crippen LogP contribution < -0.4 is 5.32 Å². The Morgan fingerprint density at radius 3 is 0.962 bits per heavy atom. The molecule has 19 nitrogen and oxygen atoms in total. The molecule has 17 atom stereocenters. The number of nitrogens with one attached hydrogen (secondary N) is 1. The Morgan fingerprint density at radius 1 is 0.340 bits per heavy atom. The normalized spacial score (nSPS) is 25.8. The number of carbonyl (C=O) groups excluding carboxylic acids is 1. The predicted octanol–water partition coefficient (Wildman–Crippen LogP) is 16.2. The molecule has 3 aliphatic heterocycles. The van der Waals surface area contributed by atoms with Gasteiger partial charge in [0.25, 0.3) is 0 Å². The van der Waals surface area contributed by atoms with Gasteiger partial charge in [-0.25, -0.2) is 0 Å². The van der Waals surface area contributed by atoms with Gasteiger partial charge in [0.15, 0.2) is 18.9 Å². The first-order chi connectivity index (χ1) is 51.8. The highest BCUT2D eigenvalue weighted by Gasteiger charge is 2.54. The summed E-state index contributed by atoms with van der Waals surface area (Å²) in [5, 5.41) is 121. The van der Waals surface area contributed by atoms with E-state index >= 15 is 0 Å². The number of carbonyl (C=O) groups is 1. The zero-order valence-electron chi connectivity index (χ0n) is 67.2. The maximum atomic E-state index is 13.5. The van der Waals surface area contributed by atoms with Gasteiger partial charge < -0.3 is 89.9 Å². The van der Waals surface area contributed by atoms with E-state index in [1.165, 1.54) is 302 Å². The first-order valence-corrected chi connectivity index (χ1v) is 44.2. The van der Waals surface area contributed by atoms with Crippen molar-refractivity contribution in [1.82, 2.24) is 5.32 Å². The number of rotatable bonds is 72. The van der Waals surface area contributed by atoms with Gasteiger partial charge in [0.2, 0.25) is 5.91 Å². The topological polar surface area (TPSA) is 307 Å². The van der Waals surface area contributed by atoms with Crippen LogP contribution in [-0.4, -0.2) is 193 Å². The van der Waals surface area contributed by atoms with Crippen molar-refractivity contribution in [2.24, 2.45) is 0 Å². The van der Waals surface area contributed by atoms with Crippen LogP contribution in [0.5, 0.6) is 0 Å². The lowest BCUT2D eigenvalue weighted by atomic mass is 9.96. The summed E-state index contributed by atoms with van der Waals surface area (Å²) in [5.74, 6) is -0.267. The zero-order chi connectivity index (χ0) is 76.7. The van der Waals surface area contributed by atoms with Crippen molar-refractivity contribution in [3.05, 3.63) is 36.5 Å². The monoisotopic (exact) mass is 1510 g/mol. The first-order valence-electron chi connectivity index (χ1n) is 44.2. The van der Waals surface area contributed by atoms with Crippen LogP contribution >= 0.6 is 0 Å². The molecule has 3 aliphatic rings. The van der Waals surface area contributed by atoms with Gasteiger partial charge in [-0.3, -0.25) is 4.79 Å². The van der Waals surface area contributed by atoms with E-state index in [2.05, 4.69) is 43.5 Å². The van der Waals surface area contributed by atoms with E-state index in [0.29, 0.717) is 6.42 Å². The molecule has 0 aromatic rings. The number of aliphatic hydroxyl groups excluding tert-OH is 11. The highest BCUT2D eigenvalue weighted by Crippen LogP contribution is 2.34. The van der Waals surface area contributed by atoms with E-state index in [9.17, 15) is 61.0 Å². The molecule has 17 unspecified atom stereocenters. The van der Waals surface area contributed by atoms with Gasteiger partial charge in [0.1, 0.15) is 73.2 Å². The molecule has 3 rings (SSSR count). The van der Waals surface area contributed by atoms with Crippen LogP contribution in [0.4, 0.5) is 0 Å². The summed E-state index contributed by atoms with van der Waals surface area (Å²) in [4.78, 5) is 13.5. The Hall–Kier alpha value is -1.99. The summed E-state index contributed by atoms with van der Waals surface area (Å²) in [6.07, 6.45) is 58.6. The molecule has 1 amide bonds. The Bertz CT molecular complexity index is 2050. The molecule has 0 radical (unpaired) electrons. The fourth-order valence-corrected chi connectivity index (χ4v) is 15.1. The van der Waals surface area contributed by atoms with Crippen molar-refractivity contribution in [2.75, 3.05) is 26.4 Å². The van der Waals surface area contributed by atoms with E-state index in [1.807, 2.05) is 6.08 Å². The molecular formula is C87H163NO18. The third kappa shape index (κ3) is 46.3. The molecule has 3 fully saturated rings. The fraction of sp³-hybridized carbons (Fsp3) is 0.920. The van der Waals surface area contributed by atoms with Gasteiger partial charge in [-0.15, -0.1) is 0 Å². The summed E-state index contributed by atoms with van der Waals surface area (Å²) in [7, 11) is 0. The average Bonchev–Trinajstić information content (AvgIpc) is 0.781. The second-order valence-electron chi connectivity index (χ2n) is 31.7. The third-order valence-electron chi connectivity index (χ3n) is 22.2. The lowest BCUT2D eigenvalue weighted by Gasteiger charge is -2.48. The van der Waals surface area contributed by atoms with Crippen molar-refractivity contribution in [1.29, 1.82) is 0 Å². The van der Waals surface area contributed by atoms with Crippen LogP contribution in [0.2, 0.25) is 0 Å². The van der Waals surface area contributed by atoms with Crippen molar-refractivity contribution < 1.29 is 89.4 Å². The van der Waals surface area contributed by atoms with E-state index < -0.39 is 124 Å². The minimum absolute atomic E-state index is 0.248. The minimum Gasteiger partial charge on any atom is -0.394 e. The number of unbranched alkanes of at least 4 members (excludes halogenated alkanes) is 52. The van der Waals surface area contributed by atoms with Crippen LogP contribution in [0.3, 0.4) is 0 Å². The summed E-state index contributed by atoms with van der Waals surface area (Å²) < 4.78 is 34.5. The number of allylic oxidation sites excluding steroid dienone is 5. The minimum atomic E-state index is -1.98. The van der Waals surface area contributed by atoms with Crippen LogP contribution in [0.1, 0.15) is 380 Å². The Balaban J connectivity index is 1.34. The van der Waals surface area contributed by atoms with E-state index in [4.69, 9.17) is 28.4 Å². The molecule has 19 heteroatoms.